The number of para-hydroxylation sites is 1. The quantitative estimate of drug-likeness (QED) is 0.309. The Hall–Kier alpha value is -4.52. The summed E-state index contributed by atoms with van der Waals surface area (Å²) in [5.41, 5.74) is 1.66. The molecule has 0 bridgehead atoms. The first-order chi connectivity index (χ1) is 17.5. The van der Waals surface area contributed by atoms with E-state index < -0.39 is 23.5 Å². The second-order valence-corrected chi connectivity index (χ2v) is 8.25. The van der Waals surface area contributed by atoms with Crippen LogP contribution in [-0.2, 0) is 4.79 Å². The zero-order valence-corrected chi connectivity index (χ0v) is 19.9. The average molecular weight is 484 g/mol. The molecule has 1 aromatic heterocycles. The molecule has 0 saturated heterocycles. The van der Waals surface area contributed by atoms with E-state index in [1.165, 1.54) is 4.90 Å². The highest BCUT2D eigenvalue weighted by Gasteiger charge is 2.45. The first-order valence-electron chi connectivity index (χ1n) is 11.8. The number of aliphatic hydroxyl groups excluding tert-OH is 1. The lowest BCUT2D eigenvalue weighted by Crippen LogP contribution is -2.31. The third-order valence-electron chi connectivity index (χ3n) is 6.03. The highest BCUT2D eigenvalue weighted by Crippen LogP contribution is 2.43. The number of fused-ring (bicyclic) bond motifs is 1. The highest BCUT2D eigenvalue weighted by molar-refractivity contribution is 6.20. The third-order valence-corrected chi connectivity index (χ3v) is 6.03. The van der Waals surface area contributed by atoms with Crippen LogP contribution < -0.4 is 14.4 Å². The summed E-state index contributed by atoms with van der Waals surface area (Å²) in [6.07, 6.45) is 0. The van der Waals surface area contributed by atoms with Crippen molar-refractivity contribution in [2.45, 2.75) is 19.9 Å². The predicted molar refractivity (Wildman–Crippen MR) is 136 cm³/mol. The number of aliphatic hydroxyl groups is 1. The molecular formula is C29H25NO6. The van der Waals surface area contributed by atoms with Crippen molar-refractivity contribution in [3.8, 4) is 11.5 Å². The molecule has 3 aromatic carbocycles. The smallest absolute Gasteiger partial charge is 0.294 e. The van der Waals surface area contributed by atoms with E-state index in [9.17, 15) is 14.7 Å². The molecule has 182 valence electrons. The first-order valence-corrected chi connectivity index (χ1v) is 11.8. The molecule has 1 amide bonds. The van der Waals surface area contributed by atoms with E-state index in [0.717, 1.165) is 5.39 Å². The fourth-order valence-electron chi connectivity index (χ4n) is 4.43. The van der Waals surface area contributed by atoms with Crippen LogP contribution in [0.25, 0.3) is 11.0 Å². The van der Waals surface area contributed by atoms with Gasteiger partial charge in [0.2, 0.25) is 5.78 Å². The minimum Gasteiger partial charge on any atom is -0.503 e. The third kappa shape index (κ3) is 4.09. The first kappa shape index (κ1) is 23.2. The maximum absolute atomic E-state index is 13.7. The number of ketones is 1. The molecule has 0 aliphatic carbocycles. The van der Waals surface area contributed by atoms with Gasteiger partial charge in [-0.1, -0.05) is 30.3 Å². The fourth-order valence-corrected chi connectivity index (χ4v) is 4.43. The van der Waals surface area contributed by atoms with Crippen LogP contribution in [0.5, 0.6) is 11.5 Å². The minimum atomic E-state index is -0.869. The van der Waals surface area contributed by atoms with E-state index in [1.807, 2.05) is 32.0 Å². The molecular weight excluding hydrogens is 458 g/mol. The monoisotopic (exact) mass is 483 g/mol. The van der Waals surface area contributed by atoms with E-state index in [-0.39, 0.29) is 11.3 Å². The molecule has 5 rings (SSSR count). The molecule has 1 aliphatic rings. The maximum Gasteiger partial charge on any atom is 0.294 e. The van der Waals surface area contributed by atoms with Gasteiger partial charge in [-0.15, -0.1) is 0 Å². The Labute approximate surface area is 208 Å². The zero-order valence-electron chi connectivity index (χ0n) is 19.9. The number of carbonyl (C=O) groups excluding carboxylic acids is 2. The maximum atomic E-state index is 13.7. The molecule has 1 aliphatic heterocycles. The lowest BCUT2D eigenvalue weighted by molar-refractivity contribution is -0.117. The van der Waals surface area contributed by atoms with Crippen molar-refractivity contribution >= 4 is 28.3 Å². The Kier molecular flexibility index (Phi) is 6.21. The number of Topliss-reactive ketones (excluding diaryl/α,β-unsaturated/α-hetero) is 1. The summed E-state index contributed by atoms with van der Waals surface area (Å²) in [6, 6.07) is 22.1. The van der Waals surface area contributed by atoms with Crippen molar-refractivity contribution in [3.05, 3.63) is 102 Å². The van der Waals surface area contributed by atoms with Crippen molar-refractivity contribution in [3.63, 3.8) is 0 Å². The number of anilines is 1. The SMILES string of the molecule is CCOc1ccc(C2C(C(=O)c3cc4ccccc4o3)=C(O)C(=O)N2c2ccc(OCC)cc2)cc1. The Balaban J connectivity index is 1.60. The Morgan fingerprint density at radius 2 is 1.53 bits per heavy atom. The lowest BCUT2D eigenvalue weighted by atomic mass is 9.94. The van der Waals surface area contributed by atoms with Crippen LogP contribution in [0.2, 0.25) is 0 Å². The molecule has 36 heavy (non-hydrogen) atoms. The van der Waals surface area contributed by atoms with Gasteiger partial charge in [0.05, 0.1) is 24.8 Å². The Bertz CT molecular complexity index is 1420. The second-order valence-electron chi connectivity index (χ2n) is 8.25. The van der Waals surface area contributed by atoms with Crippen LogP contribution in [-0.4, -0.2) is 30.0 Å². The molecule has 4 aromatic rings. The number of carbonyl (C=O) groups is 2. The number of hydrogen-bond donors (Lipinski definition) is 1. The van der Waals surface area contributed by atoms with Gasteiger partial charge in [-0.25, -0.2) is 0 Å². The molecule has 7 nitrogen and oxygen atoms in total. The Morgan fingerprint density at radius 3 is 2.14 bits per heavy atom. The average Bonchev–Trinajstić information content (AvgIpc) is 3.44. The molecule has 1 unspecified atom stereocenters. The number of benzene rings is 3. The van der Waals surface area contributed by atoms with E-state index in [0.29, 0.717) is 41.5 Å². The molecule has 0 saturated carbocycles. The molecule has 0 spiro atoms. The summed E-state index contributed by atoms with van der Waals surface area (Å²) in [5, 5.41) is 11.7. The summed E-state index contributed by atoms with van der Waals surface area (Å²) in [6.45, 7) is 4.80. The Morgan fingerprint density at radius 1 is 0.917 bits per heavy atom. The van der Waals surface area contributed by atoms with E-state index >= 15 is 0 Å². The van der Waals surface area contributed by atoms with Gasteiger partial charge >= 0.3 is 0 Å². The van der Waals surface area contributed by atoms with Crippen molar-refractivity contribution < 1.29 is 28.6 Å². The number of furan rings is 1. The van der Waals surface area contributed by atoms with Crippen LogP contribution in [0.15, 0.2) is 94.6 Å². The van der Waals surface area contributed by atoms with Gasteiger partial charge in [-0.3, -0.25) is 14.5 Å². The van der Waals surface area contributed by atoms with E-state index in [1.54, 1.807) is 60.7 Å². The van der Waals surface area contributed by atoms with Crippen molar-refractivity contribution in [1.29, 1.82) is 0 Å². The standard InChI is InChI=1S/C29H25NO6/c1-3-34-21-13-9-18(10-14-21)26-25(27(31)24-17-19-7-5-6-8-23(19)36-24)28(32)29(33)30(26)20-11-15-22(16-12-20)35-4-2/h5-17,26,32H,3-4H2,1-2H3. The largest absolute Gasteiger partial charge is 0.503 e. The summed E-state index contributed by atoms with van der Waals surface area (Å²) in [4.78, 5) is 28.5. The highest BCUT2D eigenvalue weighted by atomic mass is 16.5. The normalized spacial score (nSPS) is 15.6. The summed E-state index contributed by atoms with van der Waals surface area (Å²) >= 11 is 0. The number of ether oxygens (including phenoxy) is 2. The summed E-state index contributed by atoms with van der Waals surface area (Å²) < 4.78 is 16.9. The van der Waals surface area contributed by atoms with Crippen molar-refractivity contribution in [2.24, 2.45) is 0 Å². The number of nitrogens with zero attached hydrogens (tertiary/aromatic N) is 1. The number of amides is 1. The fraction of sp³-hybridized carbons (Fsp3) is 0.172. The second kappa shape index (κ2) is 9.62. The van der Waals surface area contributed by atoms with Gasteiger partial charge in [-0.05, 0) is 67.9 Å². The van der Waals surface area contributed by atoms with Crippen LogP contribution in [0.3, 0.4) is 0 Å². The van der Waals surface area contributed by atoms with Crippen molar-refractivity contribution in [2.75, 3.05) is 18.1 Å². The van der Waals surface area contributed by atoms with Crippen molar-refractivity contribution in [1.82, 2.24) is 0 Å². The summed E-state index contributed by atoms with van der Waals surface area (Å²) in [7, 11) is 0. The van der Waals surface area contributed by atoms with E-state index in [2.05, 4.69) is 0 Å². The molecule has 7 heteroatoms. The molecule has 1 atom stereocenters. The topological polar surface area (TPSA) is 89.2 Å². The number of hydrogen-bond acceptors (Lipinski definition) is 6. The van der Waals surface area contributed by atoms with Gasteiger partial charge in [0, 0.05) is 11.1 Å². The van der Waals surface area contributed by atoms with Crippen LogP contribution in [0.4, 0.5) is 5.69 Å². The number of rotatable bonds is 8. The molecule has 0 fully saturated rings. The minimum absolute atomic E-state index is 0.0444. The molecule has 2 heterocycles. The van der Waals surface area contributed by atoms with Gasteiger partial charge in [-0.2, -0.15) is 0 Å². The molecule has 1 N–H and O–H groups in total. The lowest BCUT2D eigenvalue weighted by Gasteiger charge is -2.27. The zero-order chi connectivity index (χ0) is 25.2. The molecule has 0 radical (unpaired) electrons. The van der Waals surface area contributed by atoms with Crippen LogP contribution >= 0.6 is 0 Å². The van der Waals surface area contributed by atoms with E-state index in [4.69, 9.17) is 13.9 Å². The predicted octanol–water partition coefficient (Wildman–Crippen LogP) is 6.01. The van der Waals surface area contributed by atoms with Gasteiger partial charge < -0.3 is 19.0 Å². The van der Waals surface area contributed by atoms with Crippen LogP contribution in [0, 0.1) is 0 Å². The van der Waals surface area contributed by atoms with Gasteiger partial charge in [0.15, 0.2) is 11.5 Å². The van der Waals surface area contributed by atoms with Crippen LogP contribution in [0.1, 0.15) is 36.0 Å². The summed E-state index contributed by atoms with van der Waals surface area (Å²) in [5.74, 6) is -0.456. The van der Waals surface area contributed by atoms with Gasteiger partial charge in [0.25, 0.3) is 5.91 Å². The van der Waals surface area contributed by atoms with Gasteiger partial charge in [0.1, 0.15) is 17.1 Å².